The molecular weight excluding hydrogens is 214 g/mol. The highest BCUT2D eigenvalue weighted by molar-refractivity contribution is 8.14. The van der Waals surface area contributed by atoms with Crippen LogP contribution in [0.1, 0.15) is 27.2 Å². The SMILES string of the molecule is CCOC(=O)C1(C(C)CC)CSC(=O)N1. The quantitative estimate of drug-likeness (QED) is 0.749. The van der Waals surface area contributed by atoms with Crippen LogP contribution in [0, 0.1) is 5.92 Å². The molecule has 4 nitrogen and oxygen atoms in total. The number of nitrogens with one attached hydrogen (secondary N) is 1. The Morgan fingerprint density at radius 2 is 2.33 bits per heavy atom. The molecule has 1 saturated heterocycles. The summed E-state index contributed by atoms with van der Waals surface area (Å²) in [5.74, 6) is 0.257. The first kappa shape index (κ1) is 12.4. The Balaban J connectivity index is 2.86. The fraction of sp³-hybridized carbons (Fsp3) is 0.800. The summed E-state index contributed by atoms with van der Waals surface area (Å²) in [6.07, 6.45) is 0.833. The molecule has 86 valence electrons. The van der Waals surface area contributed by atoms with Gasteiger partial charge in [0.1, 0.15) is 0 Å². The third-order valence-electron chi connectivity index (χ3n) is 2.85. The average molecular weight is 231 g/mol. The molecule has 0 bridgehead atoms. The molecule has 0 saturated carbocycles. The van der Waals surface area contributed by atoms with Gasteiger partial charge >= 0.3 is 5.97 Å². The lowest BCUT2D eigenvalue weighted by Crippen LogP contribution is -2.56. The van der Waals surface area contributed by atoms with Gasteiger partial charge in [0.15, 0.2) is 5.54 Å². The molecule has 2 unspecified atom stereocenters. The summed E-state index contributed by atoms with van der Waals surface area (Å²) in [5.41, 5.74) is -0.813. The molecule has 0 radical (unpaired) electrons. The fourth-order valence-electron chi connectivity index (χ4n) is 1.62. The van der Waals surface area contributed by atoms with Crippen LogP contribution in [-0.2, 0) is 9.53 Å². The Bertz CT molecular complexity index is 269. The van der Waals surface area contributed by atoms with Gasteiger partial charge in [-0.25, -0.2) is 4.79 Å². The third kappa shape index (κ3) is 2.27. The number of hydrogen-bond donors (Lipinski definition) is 1. The lowest BCUT2D eigenvalue weighted by atomic mass is 9.85. The standard InChI is InChI=1S/C10H17NO3S/c1-4-7(3)10(8(12)14-5-2)6-15-9(13)11-10/h7H,4-6H2,1-3H3,(H,11,13). The molecule has 0 aromatic heterocycles. The first-order valence-corrected chi connectivity index (χ1v) is 6.17. The number of hydrogen-bond acceptors (Lipinski definition) is 4. The number of carbonyl (C=O) groups excluding carboxylic acids is 2. The molecule has 0 spiro atoms. The largest absolute Gasteiger partial charge is 0.464 e. The molecule has 1 aliphatic heterocycles. The van der Waals surface area contributed by atoms with Crippen LogP contribution < -0.4 is 5.32 Å². The maximum absolute atomic E-state index is 11.9. The number of esters is 1. The maximum atomic E-state index is 11.9. The van der Waals surface area contributed by atoms with Crippen molar-refractivity contribution in [3.8, 4) is 0 Å². The molecule has 1 fully saturated rings. The molecule has 0 aromatic carbocycles. The topological polar surface area (TPSA) is 55.4 Å². The number of ether oxygens (including phenoxy) is 1. The van der Waals surface area contributed by atoms with Crippen LogP contribution in [0.4, 0.5) is 4.79 Å². The zero-order valence-corrected chi connectivity index (χ0v) is 10.1. The van der Waals surface area contributed by atoms with Gasteiger partial charge in [0.05, 0.1) is 6.61 Å². The lowest BCUT2D eigenvalue weighted by molar-refractivity contribution is -0.151. The second-order valence-electron chi connectivity index (χ2n) is 3.70. The van der Waals surface area contributed by atoms with Crippen LogP contribution >= 0.6 is 11.8 Å². The van der Waals surface area contributed by atoms with Crippen LogP contribution in [0.15, 0.2) is 0 Å². The summed E-state index contributed by atoms with van der Waals surface area (Å²) in [4.78, 5) is 23.1. The fourth-order valence-corrected chi connectivity index (χ4v) is 2.71. The van der Waals surface area contributed by atoms with Gasteiger partial charge < -0.3 is 10.1 Å². The van der Waals surface area contributed by atoms with Crippen LogP contribution in [0.2, 0.25) is 0 Å². The van der Waals surface area contributed by atoms with Gasteiger partial charge in [-0.15, -0.1) is 0 Å². The Hall–Kier alpha value is -0.710. The predicted molar refractivity (Wildman–Crippen MR) is 59.8 cm³/mol. The minimum Gasteiger partial charge on any atom is -0.464 e. The van der Waals surface area contributed by atoms with Crippen molar-refractivity contribution in [3.63, 3.8) is 0 Å². The smallest absolute Gasteiger partial charge is 0.333 e. The van der Waals surface area contributed by atoms with E-state index in [0.29, 0.717) is 12.4 Å². The van der Waals surface area contributed by atoms with Gasteiger partial charge in [0, 0.05) is 5.75 Å². The van der Waals surface area contributed by atoms with Crippen molar-refractivity contribution in [3.05, 3.63) is 0 Å². The van der Waals surface area contributed by atoms with E-state index in [-0.39, 0.29) is 17.1 Å². The van der Waals surface area contributed by atoms with Gasteiger partial charge in [-0.2, -0.15) is 0 Å². The van der Waals surface area contributed by atoms with Gasteiger partial charge in [-0.05, 0) is 12.8 Å². The van der Waals surface area contributed by atoms with Gasteiger partial charge in [0.2, 0.25) is 0 Å². The van der Waals surface area contributed by atoms with E-state index in [1.54, 1.807) is 6.92 Å². The van der Waals surface area contributed by atoms with E-state index in [1.807, 2.05) is 13.8 Å². The van der Waals surface area contributed by atoms with Crippen LogP contribution in [0.5, 0.6) is 0 Å². The number of rotatable bonds is 4. The number of amides is 1. The summed E-state index contributed by atoms with van der Waals surface area (Å²) in [6, 6.07) is 0. The van der Waals surface area contributed by atoms with Crippen LogP contribution in [0.25, 0.3) is 0 Å². The molecule has 0 aromatic rings. The molecule has 1 aliphatic rings. The number of carbonyl (C=O) groups is 2. The second kappa shape index (κ2) is 4.88. The van der Waals surface area contributed by atoms with Crippen molar-refractivity contribution < 1.29 is 14.3 Å². The van der Waals surface area contributed by atoms with Gasteiger partial charge in [0.25, 0.3) is 5.24 Å². The molecule has 0 aliphatic carbocycles. The molecule has 1 amide bonds. The summed E-state index contributed by atoms with van der Waals surface area (Å²) >= 11 is 1.15. The molecule has 5 heteroatoms. The van der Waals surface area contributed by atoms with E-state index < -0.39 is 5.54 Å². The normalized spacial score (nSPS) is 27.3. The predicted octanol–water partition coefficient (Wildman–Crippen LogP) is 1.79. The van der Waals surface area contributed by atoms with Crippen molar-refractivity contribution in [1.82, 2.24) is 5.32 Å². The molecule has 15 heavy (non-hydrogen) atoms. The first-order chi connectivity index (χ1) is 7.06. The molecular formula is C10H17NO3S. The zero-order chi connectivity index (χ0) is 11.5. The van der Waals surface area contributed by atoms with Gasteiger partial charge in [-0.1, -0.05) is 32.0 Å². The van der Waals surface area contributed by atoms with E-state index in [2.05, 4.69) is 5.32 Å². The third-order valence-corrected chi connectivity index (χ3v) is 3.81. The summed E-state index contributed by atoms with van der Waals surface area (Å²) < 4.78 is 5.03. The monoisotopic (exact) mass is 231 g/mol. The van der Waals surface area contributed by atoms with Crippen molar-refractivity contribution in [2.45, 2.75) is 32.7 Å². The van der Waals surface area contributed by atoms with Crippen molar-refractivity contribution >= 4 is 23.0 Å². The van der Waals surface area contributed by atoms with Crippen LogP contribution in [-0.4, -0.2) is 29.1 Å². The van der Waals surface area contributed by atoms with E-state index >= 15 is 0 Å². The highest BCUT2D eigenvalue weighted by atomic mass is 32.2. The minimum atomic E-state index is -0.813. The Morgan fingerprint density at radius 3 is 2.73 bits per heavy atom. The highest BCUT2D eigenvalue weighted by Crippen LogP contribution is 2.32. The number of thioether (sulfide) groups is 1. The summed E-state index contributed by atoms with van der Waals surface area (Å²) in [6.45, 7) is 6.08. The summed E-state index contributed by atoms with van der Waals surface area (Å²) in [7, 11) is 0. The van der Waals surface area contributed by atoms with Crippen molar-refractivity contribution in [2.75, 3.05) is 12.4 Å². The highest BCUT2D eigenvalue weighted by Gasteiger charge is 2.49. The Kier molecular flexibility index (Phi) is 4.02. The summed E-state index contributed by atoms with van der Waals surface area (Å²) in [5, 5.41) is 2.62. The maximum Gasteiger partial charge on any atom is 0.333 e. The van der Waals surface area contributed by atoms with Crippen molar-refractivity contribution in [2.24, 2.45) is 5.92 Å². The van der Waals surface area contributed by atoms with E-state index in [9.17, 15) is 9.59 Å². The lowest BCUT2D eigenvalue weighted by Gasteiger charge is -2.31. The first-order valence-electron chi connectivity index (χ1n) is 5.19. The molecule has 1 N–H and O–H groups in total. The second-order valence-corrected chi connectivity index (χ2v) is 4.65. The van der Waals surface area contributed by atoms with E-state index in [4.69, 9.17) is 4.74 Å². The minimum absolute atomic E-state index is 0.0931. The molecule has 2 atom stereocenters. The van der Waals surface area contributed by atoms with E-state index in [0.717, 1.165) is 18.2 Å². The molecule has 1 heterocycles. The van der Waals surface area contributed by atoms with Crippen molar-refractivity contribution in [1.29, 1.82) is 0 Å². The molecule has 1 rings (SSSR count). The average Bonchev–Trinajstić information content (AvgIpc) is 2.61. The Labute approximate surface area is 94.1 Å². The zero-order valence-electron chi connectivity index (χ0n) is 9.33. The van der Waals surface area contributed by atoms with Gasteiger partial charge in [-0.3, -0.25) is 4.79 Å². The van der Waals surface area contributed by atoms with Crippen LogP contribution in [0.3, 0.4) is 0 Å². The Morgan fingerprint density at radius 1 is 1.67 bits per heavy atom. The van der Waals surface area contributed by atoms with E-state index in [1.165, 1.54) is 0 Å².